The molecule has 0 aromatic heterocycles. The first-order valence-electron chi connectivity index (χ1n) is 6.81. The van der Waals surface area contributed by atoms with E-state index >= 15 is 0 Å². The van der Waals surface area contributed by atoms with Gasteiger partial charge in [0, 0.05) is 11.1 Å². The Morgan fingerprint density at radius 3 is 2.45 bits per heavy atom. The molecule has 2 aromatic rings. The van der Waals surface area contributed by atoms with Crippen molar-refractivity contribution < 1.29 is 9.53 Å². The zero-order valence-corrected chi connectivity index (χ0v) is 12.4. The Hall–Kier alpha value is -2.09. The predicted molar refractivity (Wildman–Crippen MR) is 82.6 cm³/mol. The van der Waals surface area contributed by atoms with Crippen LogP contribution in [0.4, 0.5) is 0 Å². The van der Waals surface area contributed by atoms with Crippen LogP contribution in [0, 0.1) is 6.92 Å². The maximum absolute atomic E-state index is 11.4. The van der Waals surface area contributed by atoms with Gasteiger partial charge in [0.1, 0.15) is 5.75 Å². The molecule has 0 saturated heterocycles. The van der Waals surface area contributed by atoms with Gasteiger partial charge in [0.2, 0.25) is 0 Å². The zero-order valence-electron chi connectivity index (χ0n) is 12.4. The fraction of sp³-hybridized carbons (Fsp3) is 0.278. The summed E-state index contributed by atoms with van der Waals surface area (Å²) in [6.45, 7) is 6.25. The highest BCUT2D eigenvalue weighted by molar-refractivity contribution is 5.91. The Bertz CT molecular complexity index is 627. The van der Waals surface area contributed by atoms with Gasteiger partial charge >= 0.3 is 0 Å². The summed E-state index contributed by atoms with van der Waals surface area (Å²) in [4.78, 5) is 11.4. The van der Waals surface area contributed by atoms with E-state index in [0.29, 0.717) is 5.92 Å². The van der Waals surface area contributed by atoms with Gasteiger partial charge in [-0.05, 0) is 35.6 Å². The molecule has 0 radical (unpaired) electrons. The van der Waals surface area contributed by atoms with Crippen LogP contribution in [-0.4, -0.2) is 13.4 Å². The first-order valence-corrected chi connectivity index (χ1v) is 6.81. The molecule has 2 rings (SSSR count). The molecule has 0 bridgehead atoms. The largest absolute Gasteiger partial charge is 0.496 e. The number of benzene rings is 2. The van der Waals surface area contributed by atoms with Gasteiger partial charge in [0.25, 0.3) is 0 Å². The van der Waals surface area contributed by atoms with Crippen LogP contribution < -0.4 is 4.74 Å². The van der Waals surface area contributed by atoms with Crippen molar-refractivity contribution in [3.63, 3.8) is 0 Å². The lowest BCUT2D eigenvalue weighted by Crippen LogP contribution is -1.96. The molecule has 2 heteroatoms. The second kappa shape index (κ2) is 5.91. The van der Waals surface area contributed by atoms with E-state index in [2.05, 4.69) is 26.0 Å². The maximum Gasteiger partial charge on any atom is 0.150 e. The SMILES string of the molecule is COc1cc(C(C)C)ccc1-c1cccc(C)c1C=O. The quantitative estimate of drug-likeness (QED) is 0.757. The second-order valence-electron chi connectivity index (χ2n) is 5.27. The number of ether oxygens (including phenoxy) is 1. The Balaban J connectivity index is 2.64. The Kier molecular flexibility index (Phi) is 4.23. The van der Waals surface area contributed by atoms with Crippen molar-refractivity contribution in [2.24, 2.45) is 0 Å². The average Bonchev–Trinajstić information content (AvgIpc) is 2.46. The topological polar surface area (TPSA) is 26.3 Å². The highest BCUT2D eigenvalue weighted by Crippen LogP contribution is 2.35. The molecule has 0 aliphatic rings. The molecule has 20 heavy (non-hydrogen) atoms. The van der Waals surface area contributed by atoms with Crippen molar-refractivity contribution >= 4 is 6.29 Å². The summed E-state index contributed by atoms with van der Waals surface area (Å²) in [7, 11) is 1.67. The van der Waals surface area contributed by atoms with Crippen molar-refractivity contribution in [1.82, 2.24) is 0 Å². The number of carbonyl (C=O) groups is 1. The lowest BCUT2D eigenvalue weighted by Gasteiger charge is -2.15. The van der Waals surface area contributed by atoms with Gasteiger partial charge in [0.05, 0.1) is 7.11 Å². The first-order chi connectivity index (χ1) is 9.58. The molecular formula is C18H20O2. The van der Waals surface area contributed by atoms with Crippen molar-refractivity contribution in [1.29, 1.82) is 0 Å². The highest BCUT2D eigenvalue weighted by Gasteiger charge is 2.13. The van der Waals surface area contributed by atoms with Crippen LogP contribution in [0.15, 0.2) is 36.4 Å². The summed E-state index contributed by atoms with van der Waals surface area (Å²) in [5, 5.41) is 0. The molecule has 104 valence electrons. The lowest BCUT2D eigenvalue weighted by molar-refractivity contribution is 0.112. The van der Waals surface area contributed by atoms with E-state index in [9.17, 15) is 4.79 Å². The summed E-state index contributed by atoms with van der Waals surface area (Å²) in [6, 6.07) is 12.1. The van der Waals surface area contributed by atoms with Gasteiger partial charge in [-0.15, -0.1) is 0 Å². The monoisotopic (exact) mass is 268 g/mol. The average molecular weight is 268 g/mol. The lowest BCUT2D eigenvalue weighted by atomic mass is 9.93. The molecule has 2 nitrogen and oxygen atoms in total. The Morgan fingerprint density at radius 1 is 1.10 bits per heavy atom. The number of rotatable bonds is 4. The minimum Gasteiger partial charge on any atom is -0.496 e. The summed E-state index contributed by atoms with van der Waals surface area (Å²) >= 11 is 0. The fourth-order valence-corrected chi connectivity index (χ4v) is 2.36. The third-order valence-electron chi connectivity index (χ3n) is 3.62. The van der Waals surface area contributed by atoms with Crippen LogP contribution in [0.25, 0.3) is 11.1 Å². The van der Waals surface area contributed by atoms with E-state index in [4.69, 9.17) is 4.74 Å². The summed E-state index contributed by atoms with van der Waals surface area (Å²) in [5.74, 6) is 1.26. The van der Waals surface area contributed by atoms with Crippen LogP contribution >= 0.6 is 0 Å². The summed E-state index contributed by atoms with van der Waals surface area (Å²) < 4.78 is 5.51. The maximum atomic E-state index is 11.4. The zero-order chi connectivity index (χ0) is 14.7. The van der Waals surface area contributed by atoms with Crippen LogP contribution in [0.3, 0.4) is 0 Å². The first kappa shape index (κ1) is 14.3. The minimum atomic E-state index is 0.445. The normalized spacial score (nSPS) is 10.7. The standard InChI is InChI=1S/C18H20O2/c1-12(2)14-8-9-16(18(10-14)20-4)15-7-5-6-13(3)17(15)11-19/h5-12H,1-4H3. The van der Waals surface area contributed by atoms with Crippen molar-refractivity contribution in [2.75, 3.05) is 7.11 Å². The minimum absolute atomic E-state index is 0.445. The van der Waals surface area contributed by atoms with E-state index in [1.807, 2.05) is 31.2 Å². The number of aryl methyl sites for hydroxylation is 1. The van der Waals surface area contributed by atoms with Crippen molar-refractivity contribution in [2.45, 2.75) is 26.7 Å². The van der Waals surface area contributed by atoms with E-state index in [-0.39, 0.29) is 0 Å². The molecule has 0 saturated carbocycles. The van der Waals surface area contributed by atoms with Gasteiger partial charge in [0.15, 0.2) is 6.29 Å². The third kappa shape index (κ3) is 2.60. The summed E-state index contributed by atoms with van der Waals surface area (Å²) in [6.07, 6.45) is 0.917. The molecule has 0 atom stereocenters. The molecule has 2 aromatic carbocycles. The van der Waals surface area contributed by atoms with E-state index in [1.165, 1.54) is 5.56 Å². The third-order valence-corrected chi connectivity index (χ3v) is 3.62. The molecule has 0 unspecified atom stereocenters. The number of hydrogen-bond donors (Lipinski definition) is 0. The van der Waals surface area contributed by atoms with Gasteiger partial charge in [-0.1, -0.05) is 44.2 Å². The molecule has 0 N–H and O–H groups in total. The van der Waals surface area contributed by atoms with Gasteiger partial charge < -0.3 is 4.74 Å². The molecule has 0 amide bonds. The van der Waals surface area contributed by atoms with Gasteiger partial charge in [-0.2, -0.15) is 0 Å². The summed E-state index contributed by atoms with van der Waals surface area (Å²) in [5.41, 5.74) is 4.82. The van der Waals surface area contributed by atoms with Crippen LogP contribution in [0.5, 0.6) is 5.75 Å². The second-order valence-corrected chi connectivity index (χ2v) is 5.27. The van der Waals surface area contributed by atoms with Crippen LogP contribution in [-0.2, 0) is 0 Å². The van der Waals surface area contributed by atoms with Crippen LogP contribution in [0.2, 0.25) is 0 Å². The number of carbonyl (C=O) groups excluding carboxylic acids is 1. The van der Waals surface area contributed by atoms with E-state index < -0.39 is 0 Å². The van der Waals surface area contributed by atoms with Crippen LogP contribution in [0.1, 0.15) is 41.3 Å². The number of hydrogen-bond acceptors (Lipinski definition) is 2. The number of aldehydes is 1. The van der Waals surface area contributed by atoms with E-state index in [1.54, 1.807) is 7.11 Å². The fourth-order valence-electron chi connectivity index (χ4n) is 2.36. The van der Waals surface area contributed by atoms with Crippen molar-refractivity contribution in [3.05, 3.63) is 53.1 Å². The predicted octanol–water partition coefficient (Wildman–Crippen LogP) is 4.61. The molecule has 0 spiro atoms. The number of methoxy groups -OCH3 is 1. The van der Waals surface area contributed by atoms with E-state index in [0.717, 1.165) is 34.3 Å². The molecule has 0 fully saturated rings. The molecule has 0 aliphatic heterocycles. The molecule has 0 heterocycles. The molecule has 0 aliphatic carbocycles. The van der Waals surface area contributed by atoms with Crippen molar-refractivity contribution in [3.8, 4) is 16.9 Å². The van der Waals surface area contributed by atoms with Gasteiger partial charge in [-0.3, -0.25) is 4.79 Å². The Morgan fingerprint density at radius 2 is 1.85 bits per heavy atom. The molecular weight excluding hydrogens is 248 g/mol. The highest BCUT2D eigenvalue weighted by atomic mass is 16.5. The van der Waals surface area contributed by atoms with Gasteiger partial charge in [-0.25, -0.2) is 0 Å². The smallest absolute Gasteiger partial charge is 0.150 e. The Labute approximate surface area is 120 Å².